The minimum absolute atomic E-state index is 0.471. The van der Waals surface area contributed by atoms with Crippen molar-refractivity contribution in [1.29, 1.82) is 0 Å². The van der Waals surface area contributed by atoms with E-state index in [-0.39, 0.29) is 0 Å². The maximum atomic E-state index is 2.47. The molecule has 2 unspecified atom stereocenters. The molecule has 0 aliphatic heterocycles. The Kier molecular flexibility index (Phi) is 12.7. The van der Waals surface area contributed by atoms with E-state index in [1.54, 1.807) is 0 Å². The molecule has 336 valence electrons. The maximum absolute atomic E-state index is 2.47. The number of para-hydroxylation sites is 2. The van der Waals surface area contributed by atoms with Crippen molar-refractivity contribution in [2.45, 2.75) is 45.4 Å². The van der Waals surface area contributed by atoms with Gasteiger partial charge < -0.3 is 9.80 Å². The van der Waals surface area contributed by atoms with Crippen LogP contribution < -0.4 is 9.80 Å². The second-order valence-electron chi connectivity index (χ2n) is 18.7. The Morgan fingerprint density at radius 3 is 1.48 bits per heavy atom. The molecule has 2 atom stereocenters. The van der Waals surface area contributed by atoms with Crippen LogP contribution >= 0.6 is 0 Å². The van der Waals surface area contributed by atoms with E-state index in [2.05, 4.69) is 266 Å². The van der Waals surface area contributed by atoms with Crippen LogP contribution in [0.25, 0.3) is 39.0 Å². The molecule has 4 aliphatic rings. The molecule has 7 aromatic carbocycles. The number of nitrogens with zero attached hydrogens (tertiary/aromatic N) is 2. The topological polar surface area (TPSA) is 6.48 Å². The van der Waals surface area contributed by atoms with Gasteiger partial charge in [0.25, 0.3) is 0 Å². The summed E-state index contributed by atoms with van der Waals surface area (Å²) in [6, 6.07) is 68.3. The molecule has 7 aromatic rings. The van der Waals surface area contributed by atoms with Gasteiger partial charge in [0.1, 0.15) is 0 Å². The van der Waals surface area contributed by atoms with Crippen molar-refractivity contribution in [2.75, 3.05) is 9.80 Å². The SMILES string of the molecule is Cc1ccccc1C1=CC=C(N(c2ccccc2)c2ccc(-c3ccc(-c4cccc(C5=CCC(C6C=CC(N(C7=CC=C(c8ccccc8)CC7)c7ccccc7)=CC6)C=C5)c4)cc3)cc2)CC1. The van der Waals surface area contributed by atoms with Crippen LogP contribution in [0.2, 0.25) is 0 Å². The van der Waals surface area contributed by atoms with E-state index in [4.69, 9.17) is 0 Å². The first-order valence-corrected chi connectivity index (χ1v) is 24.8. The maximum Gasteiger partial charge on any atom is 0.0458 e. The molecule has 0 fully saturated rings. The van der Waals surface area contributed by atoms with Gasteiger partial charge in [-0.15, -0.1) is 0 Å². The van der Waals surface area contributed by atoms with Gasteiger partial charge in [-0.3, -0.25) is 0 Å². The zero-order valence-electron chi connectivity index (χ0n) is 39.5. The lowest BCUT2D eigenvalue weighted by atomic mass is 9.80. The Morgan fingerprint density at radius 2 is 0.884 bits per heavy atom. The van der Waals surface area contributed by atoms with Gasteiger partial charge in [-0.05, 0) is 179 Å². The largest absolute Gasteiger partial charge is 0.315 e. The molecular weight excluding hydrogens is 833 g/mol. The summed E-state index contributed by atoms with van der Waals surface area (Å²) in [5.74, 6) is 0.947. The number of rotatable bonds is 12. The standard InChI is InChI=1S/C67H58N2/c1-49-14-11-12-23-67(49)58-38-46-66(47-39-58)69(62-21-9-4-10-22-62)65-44-36-55(37-45-65)52-26-30-57(31-27-52)60-18-13-17-59(48-60)56-28-24-51(25-29-56)54-34-42-64(43-35-54)68(61-19-7-3-8-20-61)63-40-32-53(33-41-63)50-15-5-2-6-16-50/h2-24,26-32,34,36-38,40,42-46,48,51,54H,25,33,35,39,41,47H2,1H3. The molecule has 0 radical (unpaired) electrons. The average molecular weight is 891 g/mol. The van der Waals surface area contributed by atoms with Crippen LogP contribution in [0.4, 0.5) is 17.1 Å². The summed E-state index contributed by atoms with van der Waals surface area (Å²) in [4.78, 5) is 4.88. The quantitative estimate of drug-likeness (QED) is 0.121. The second kappa shape index (κ2) is 20.1. The lowest BCUT2D eigenvalue weighted by Gasteiger charge is -2.33. The smallest absolute Gasteiger partial charge is 0.0458 e. The second-order valence-corrected chi connectivity index (χ2v) is 18.7. The van der Waals surface area contributed by atoms with Crippen molar-refractivity contribution < 1.29 is 0 Å². The summed E-state index contributed by atoms with van der Waals surface area (Å²) in [5, 5.41) is 0. The lowest BCUT2D eigenvalue weighted by Crippen LogP contribution is -2.24. The fraction of sp³-hybridized carbons (Fsp3) is 0.134. The summed E-state index contributed by atoms with van der Waals surface area (Å²) < 4.78 is 0. The number of benzene rings is 7. The van der Waals surface area contributed by atoms with Crippen molar-refractivity contribution in [1.82, 2.24) is 0 Å². The van der Waals surface area contributed by atoms with Crippen LogP contribution in [0.3, 0.4) is 0 Å². The summed E-state index contributed by atoms with van der Waals surface area (Å²) in [6.45, 7) is 2.21. The van der Waals surface area contributed by atoms with Gasteiger partial charge in [-0.25, -0.2) is 0 Å². The molecule has 0 spiro atoms. The van der Waals surface area contributed by atoms with Gasteiger partial charge >= 0.3 is 0 Å². The van der Waals surface area contributed by atoms with E-state index < -0.39 is 0 Å². The van der Waals surface area contributed by atoms with Crippen LogP contribution in [-0.4, -0.2) is 0 Å². The van der Waals surface area contributed by atoms with E-state index in [9.17, 15) is 0 Å². The first-order chi connectivity index (χ1) is 34.1. The third-order valence-electron chi connectivity index (χ3n) is 14.4. The van der Waals surface area contributed by atoms with E-state index in [1.807, 2.05) is 0 Å². The predicted molar refractivity (Wildman–Crippen MR) is 294 cm³/mol. The van der Waals surface area contributed by atoms with Crippen LogP contribution in [0.1, 0.15) is 60.8 Å². The Bertz CT molecular complexity index is 3190. The summed E-state index contributed by atoms with van der Waals surface area (Å²) in [5.41, 5.74) is 21.8. The first-order valence-electron chi connectivity index (χ1n) is 24.8. The van der Waals surface area contributed by atoms with E-state index >= 15 is 0 Å². The van der Waals surface area contributed by atoms with Gasteiger partial charge in [0.15, 0.2) is 0 Å². The number of anilines is 3. The Hall–Kier alpha value is -7.94. The Morgan fingerprint density at radius 1 is 0.377 bits per heavy atom. The van der Waals surface area contributed by atoms with Gasteiger partial charge in [-0.1, -0.05) is 188 Å². The number of hydrogen-bond donors (Lipinski definition) is 0. The highest BCUT2D eigenvalue weighted by Gasteiger charge is 2.25. The molecule has 2 heteroatoms. The minimum Gasteiger partial charge on any atom is -0.315 e. The summed E-state index contributed by atoms with van der Waals surface area (Å²) in [6.07, 6.45) is 29.9. The summed E-state index contributed by atoms with van der Waals surface area (Å²) in [7, 11) is 0. The van der Waals surface area contributed by atoms with Gasteiger partial charge in [0, 0.05) is 34.2 Å². The van der Waals surface area contributed by atoms with Crippen molar-refractivity contribution >= 4 is 33.8 Å². The van der Waals surface area contributed by atoms with Crippen molar-refractivity contribution in [3.63, 3.8) is 0 Å². The fourth-order valence-corrected chi connectivity index (χ4v) is 10.6. The molecule has 0 amide bonds. The van der Waals surface area contributed by atoms with Gasteiger partial charge in [-0.2, -0.15) is 0 Å². The van der Waals surface area contributed by atoms with Crippen LogP contribution in [0.5, 0.6) is 0 Å². The molecule has 2 nitrogen and oxygen atoms in total. The third-order valence-corrected chi connectivity index (χ3v) is 14.4. The zero-order valence-corrected chi connectivity index (χ0v) is 39.5. The number of aryl methyl sites for hydroxylation is 1. The highest BCUT2D eigenvalue weighted by Crippen LogP contribution is 2.40. The van der Waals surface area contributed by atoms with Crippen LogP contribution in [0.15, 0.2) is 266 Å². The molecule has 69 heavy (non-hydrogen) atoms. The highest BCUT2D eigenvalue weighted by molar-refractivity contribution is 5.81. The van der Waals surface area contributed by atoms with Crippen LogP contribution in [-0.2, 0) is 0 Å². The van der Waals surface area contributed by atoms with E-state index in [0.717, 1.165) is 38.5 Å². The van der Waals surface area contributed by atoms with Crippen LogP contribution in [0, 0.1) is 18.8 Å². The van der Waals surface area contributed by atoms with Gasteiger partial charge in [0.2, 0.25) is 0 Å². The number of allylic oxidation sites excluding steroid dienone is 15. The van der Waals surface area contributed by atoms with Crippen molar-refractivity contribution in [3.05, 3.63) is 288 Å². The molecule has 0 N–H and O–H groups in total. The van der Waals surface area contributed by atoms with Gasteiger partial charge in [0.05, 0.1) is 0 Å². The minimum atomic E-state index is 0.471. The Balaban J connectivity index is 0.746. The molecule has 4 aliphatic carbocycles. The monoisotopic (exact) mass is 890 g/mol. The first kappa shape index (κ1) is 43.6. The molecule has 11 rings (SSSR count). The molecule has 0 saturated carbocycles. The number of hydrogen-bond acceptors (Lipinski definition) is 2. The van der Waals surface area contributed by atoms with E-state index in [0.29, 0.717) is 11.8 Å². The third kappa shape index (κ3) is 9.62. The lowest BCUT2D eigenvalue weighted by molar-refractivity contribution is 0.476. The summed E-state index contributed by atoms with van der Waals surface area (Å²) >= 11 is 0. The molecule has 0 bridgehead atoms. The van der Waals surface area contributed by atoms with Crippen molar-refractivity contribution in [2.24, 2.45) is 11.8 Å². The average Bonchev–Trinajstić information content (AvgIpc) is 3.43. The molecule has 0 aromatic heterocycles. The fourth-order valence-electron chi connectivity index (χ4n) is 10.6. The normalized spacial score (nSPS) is 17.7. The van der Waals surface area contributed by atoms with Crippen molar-refractivity contribution in [3.8, 4) is 22.3 Å². The van der Waals surface area contributed by atoms with E-state index in [1.165, 1.54) is 95.4 Å². The molecule has 0 heterocycles. The predicted octanol–water partition coefficient (Wildman–Crippen LogP) is 17.9. The molecular formula is C67H58N2. The molecule has 0 saturated heterocycles. The highest BCUT2D eigenvalue weighted by atomic mass is 15.2. The Labute approximate surface area is 409 Å². The zero-order chi connectivity index (χ0) is 46.4.